The van der Waals surface area contributed by atoms with Crippen molar-refractivity contribution in [2.75, 3.05) is 51.7 Å². The Balaban J connectivity index is 0.00000141. The van der Waals surface area contributed by atoms with Crippen molar-refractivity contribution in [3.63, 3.8) is 0 Å². The fraction of sp³-hybridized carbons (Fsp3) is 0.379. The zero-order valence-corrected chi connectivity index (χ0v) is 25.8. The average Bonchev–Trinajstić information content (AvgIpc) is 3.40. The van der Waals surface area contributed by atoms with Gasteiger partial charge in [0.05, 0.1) is 29.6 Å². The summed E-state index contributed by atoms with van der Waals surface area (Å²) < 4.78 is 37.4. The third-order valence-electron chi connectivity index (χ3n) is 7.30. The van der Waals surface area contributed by atoms with Gasteiger partial charge in [0.1, 0.15) is 0 Å². The molecule has 2 aliphatic heterocycles. The van der Waals surface area contributed by atoms with Crippen molar-refractivity contribution in [2.24, 2.45) is 7.05 Å². The van der Waals surface area contributed by atoms with Gasteiger partial charge in [-0.25, -0.2) is 13.7 Å². The highest BCUT2D eigenvalue weighted by Crippen LogP contribution is 2.31. The molecule has 11 nitrogen and oxygen atoms in total. The number of halogens is 3. The third-order valence-corrected chi connectivity index (χ3v) is 9.05. The van der Waals surface area contributed by atoms with E-state index in [1.54, 1.807) is 17.0 Å². The predicted octanol–water partition coefficient (Wildman–Crippen LogP) is 4.14. The van der Waals surface area contributed by atoms with Gasteiger partial charge in [-0.2, -0.15) is 4.39 Å². The van der Waals surface area contributed by atoms with Gasteiger partial charge in [-0.15, -0.1) is 0 Å². The molecular formula is C29H33ClF2N6O5S. The zero-order valence-electron chi connectivity index (χ0n) is 24.2. The standard InChI is InChI=1S/C28H31ClF2N6O3S.CH2O2/c1-35-22(20-5-6-23(40-2)25(31)24(20)30)16-33-26(35)27(38)34-17-3-4-19(21(29)15-17)28(39)36-11-13-37(14-12-36)41-18-7-9-32-10-8-18;2-1-3/h3-6,15-16,18,32H,7-14H2,1-2H3,(H,34,38);1H,(H,2,3). The first-order chi connectivity index (χ1) is 21.2. The Morgan fingerprint density at radius 3 is 2.45 bits per heavy atom. The number of rotatable bonds is 7. The van der Waals surface area contributed by atoms with Gasteiger partial charge in [-0.05, 0) is 56.3 Å². The number of benzene rings is 2. The summed E-state index contributed by atoms with van der Waals surface area (Å²) in [4.78, 5) is 40.4. The number of piperazine rings is 1. The van der Waals surface area contributed by atoms with Gasteiger partial charge in [0.25, 0.3) is 18.3 Å². The Bertz CT molecular complexity index is 1500. The maximum Gasteiger partial charge on any atom is 0.291 e. The van der Waals surface area contributed by atoms with Crippen LogP contribution in [0.5, 0.6) is 5.75 Å². The highest BCUT2D eigenvalue weighted by atomic mass is 35.5. The summed E-state index contributed by atoms with van der Waals surface area (Å²) in [6, 6.07) is 7.37. The number of imidazole rings is 1. The molecule has 5 rings (SSSR count). The highest BCUT2D eigenvalue weighted by molar-refractivity contribution is 7.97. The van der Waals surface area contributed by atoms with Crippen molar-refractivity contribution in [3.8, 4) is 17.0 Å². The fourth-order valence-electron chi connectivity index (χ4n) is 4.99. The van der Waals surface area contributed by atoms with Crippen LogP contribution in [0.15, 0.2) is 36.5 Å². The number of hydrogen-bond acceptors (Lipinski definition) is 8. The summed E-state index contributed by atoms with van der Waals surface area (Å²) >= 11 is 8.38. The maximum atomic E-state index is 14.6. The summed E-state index contributed by atoms with van der Waals surface area (Å²) in [6.07, 6.45) is 3.61. The second-order valence-electron chi connectivity index (χ2n) is 10.00. The van der Waals surface area contributed by atoms with Crippen LogP contribution in [0.2, 0.25) is 5.02 Å². The minimum absolute atomic E-state index is 0.0212. The molecule has 0 saturated carbocycles. The Morgan fingerprint density at radius 1 is 1.14 bits per heavy atom. The fourth-order valence-corrected chi connectivity index (χ4v) is 6.49. The molecule has 236 valence electrons. The first-order valence-electron chi connectivity index (χ1n) is 13.8. The molecular weight excluding hydrogens is 618 g/mol. The number of ether oxygens (including phenoxy) is 1. The van der Waals surface area contributed by atoms with E-state index in [0.29, 0.717) is 29.6 Å². The number of piperidine rings is 1. The number of carbonyl (C=O) groups excluding carboxylic acids is 2. The van der Waals surface area contributed by atoms with Crippen LogP contribution in [0.3, 0.4) is 0 Å². The number of carboxylic acid groups (broad SMARTS) is 1. The van der Waals surface area contributed by atoms with E-state index in [1.807, 2.05) is 11.9 Å². The van der Waals surface area contributed by atoms with Crippen LogP contribution in [-0.2, 0) is 11.8 Å². The molecule has 0 unspecified atom stereocenters. The number of methoxy groups -OCH3 is 1. The molecule has 0 atom stereocenters. The van der Waals surface area contributed by atoms with Crippen LogP contribution in [0.4, 0.5) is 14.5 Å². The number of amides is 2. The SMILES string of the molecule is COc1ccc(-c2cnc(C(=O)Nc3ccc(C(=O)N4CCN(SC5CCNCC5)CC4)c(Cl)c3)n2C)c(F)c1F.O=CO. The summed E-state index contributed by atoms with van der Waals surface area (Å²) in [6.45, 7) is 4.69. The molecule has 44 heavy (non-hydrogen) atoms. The minimum atomic E-state index is -1.13. The first kappa shape index (κ1) is 33.2. The largest absolute Gasteiger partial charge is 0.494 e. The molecule has 0 bridgehead atoms. The van der Waals surface area contributed by atoms with Gasteiger partial charge in [-0.3, -0.25) is 14.4 Å². The molecule has 1 aromatic heterocycles. The lowest BCUT2D eigenvalue weighted by molar-refractivity contribution is -0.122. The quantitative estimate of drug-likeness (QED) is 0.255. The Hall–Kier alpha value is -3.72. The number of nitrogens with zero attached hydrogens (tertiary/aromatic N) is 4. The van der Waals surface area contributed by atoms with E-state index in [4.69, 9.17) is 26.2 Å². The van der Waals surface area contributed by atoms with E-state index >= 15 is 0 Å². The third kappa shape index (κ3) is 7.67. The Morgan fingerprint density at radius 2 is 1.82 bits per heavy atom. The van der Waals surface area contributed by atoms with Crippen molar-refractivity contribution in [1.82, 2.24) is 24.1 Å². The normalized spacial score (nSPS) is 15.7. The van der Waals surface area contributed by atoms with Crippen LogP contribution in [0.1, 0.15) is 33.8 Å². The van der Waals surface area contributed by atoms with E-state index in [0.717, 1.165) is 39.0 Å². The second kappa shape index (κ2) is 15.3. The lowest BCUT2D eigenvalue weighted by Gasteiger charge is -2.36. The van der Waals surface area contributed by atoms with Crippen molar-refractivity contribution in [2.45, 2.75) is 18.1 Å². The molecule has 0 radical (unpaired) electrons. The van der Waals surface area contributed by atoms with Gasteiger partial charge >= 0.3 is 0 Å². The molecule has 3 aromatic rings. The molecule has 2 fully saturated rings. The zero-order chi connectivity index (χ0) is 31.8. The van der Waals surface area contributed by atoms with Crippen molar-refractivity contribution in [3.05, 3.63) is 64.6 Å². The van der Waals surface area contributed by atoms with Gasteiger partial charge in [0.15, 0.2) is 17.4 Å². The smallest absolute Gasteiger partial charge is 0.291 e. The average molecular weight is 651 g/mol. The number of hydrogen-bond donors (Lipinski definition) is 3. The van der Waals surface area contributed by atoms with Crippen LogP contribution in [0.25, 0.3) is 11.3 Å². The molecule has 2 saturated heterocycles. The van der Waals surface area contributed by atoms with E-state index in [9.17, 15) is 18.4 Å². The lowest BCUT2D eigenvalue weighted by atomic mass is 10.1. The van der Waals surface area contributed by atoms with Gasteiger partial charge in [0, 0.05) is 49.7 Å². The Kier molecular flexibility index (Phi) is 11.6. The second-order valence-corrected chi connectivity index (χ2v) is 11.8. The van der Waals surface area contributed by atoms with E-state index < -0.39 is 17.5 Å². The molecule has 2 aliphatic rings. The topological polar surface area (TPSA) is 129 Å². The molecule has 15 heteroatoms. The molecule has 2 amide bonds. The summed E-state index contributed by atoms with van der Waals surface area (Å²) in [5.74, 6) is -3.20. The number of anilines is 1. The minimum Gasteiger partial charge on any atom is -0.494 e. The van der Waals surface area contributed by atoms with E-state index in [2.05, 4.69) is 19.9 Å². The first-order valence-corrected chi connectivity index (χ1v) is 15.0. The molecule has 2 aromatic carbocycles. The summed E-state index contributed by atoms with van der Waals surface area (Å²) in [5, 5.41) is 13.8. The van der Waals surface area contributed by atoms with Crippen LogP contribution < -0.4 is 15.4 Å². The Labute approximate surface area is 262 Å². The molecule has 3 N–H and O–H groups in total. The maximum absolute atomic E-state index is 14.6. The molecule has 0 aliphatic carbocycles. The van der Waals surface area contributed by atoms with Crippen LogP contribution >= 0.6 is 23.5 Å². The number of aromatic nitrogens is 2. The lowest BCUT2D eigenvalue weighted by Crippen LogP contribution is -2.47. The van der Waals surface area contributed by atoms with Crippen LogP contribution in [0, 0.1) is 11.6 Å². The predicted molar refractivity (Wildman–Crippen MR) is 164 cm³/mol. The number of nitrogens with one attached hydrogen (secondary N) is 2. The molecule has 3 heterocycles. The van der Waals surface area contributed by atoms with Crippen molar-refractivity contribution in [1.29, 1.82) is 0 Å². The highest BCUT2D eigenvalue weighted by Gasteiger charge is 2.27. The van der Waals surface area contributed by atoms with E-state index in [-0.39, 0.29) is 40.2 Å². The van der Waals surface area contributed by atoms with Gasteiger partial charge in [0.2, 0.25) is 5.82 Å². The summed E-state index contributed by atoms with van der Waals surface area (Å²) in [7, 11) is 2.77. The van der Waals surface area contributed by atoms with Gasteiger partial charge < -0.3 is 29.9 Å². The molecule has 0 spiro atoms. The van der Waals surface area contributed by atoms with Crippen molar-refractivity contribution < 1.29 is 33.0 Å². The van der Waals surface area contributed by atoms with E-state index in [1.165, 1.54) is 43.1 Å². The monoisotopic (exact) mass is 650 g/mol. The van der Waals surface area contributed by atoms with Crippen LogP contribution in [-0.4, -0.2) is 93.8 Å². The van der Waals surface area contributed by atoms with Crippen molar-refractivity contribution >= 4 is 47.5 Å². The summed E-state index contributed by atoms with van der Waals surface area (Å²) in [5.41, 5.74) is 0.878. The number of carbonyl (C=O) groups is 3. The van der Waals surface area contributed by atoms with Gasteiger partial charge in [-0.1, -0.05) is 23.5 Å².